The van der Waals surface area contributed by atoms with Gasteiger partial charge in [-0.2, -0.15) is 0 Å². The van der Waals surface area contributed by atoms with Crippen LogP contribution in [0.3, 0.4) is 0 Å². The summed E-state index contributed by atoms with van der Waals surface area (Å²) in [6.07, 6.45) is -4.16. The topological polar surface area (TPSA) is 192 Å². The van der Waals surface area contributed by atoms with Crippen LogP contribution in [0.1, 0.15) is 17.5 Å². The van der Waals surface area contributed by atoms with E-state index in [2.05, 4.69) is 0 Å². The fourth-order valence-corrected chi connectivity index (χ4v) is 3.62. The van der Waals surface area contributed by atoms with E-state index in [4.69, 9.17) is 18.9 Å². The minimum atomic E-state index is -1.94. The van der Waals surface area contributed by atoms with E-state index in [0.29, 0.717) is 11.1 Å². The van der Waals surface area contributed by atoms with Gasteiger partial charge < -0.3 is 49.3 Å². The first-order chi connectivity index (χ1) is 18.5. The number of methoxy groups -OCH3 is 2. The summed E-state index contributed by atoms with van der Waals surface area (Å²) in [6, 6.07) is 8.91. The first-order valence-corrected chi connectivity index (χ1v) is 11.6. The average Bonchev–Trinajstić information content (AvgIpc) is 2.91. The molecular weight excluding hydrogens is 539 g/mol. The second-order valence-corrected chi connectivity index (χ2v) is 8.45. The molecule has 3 rings (SSSR count). The van der Waals surface area contributed by atoms with Crippen molar-refractivity contribution in [2.75, 3.05) is 14.2 Å². The number of aromatic hydroxyl groups is 1. The van der Waals surface area contributed by atoms with Gasteiger partial charge in [0.05, 0.1) is 26.6 Å². The number of allylic oxidation sites excluding steroid dienone is 2. The van der Waals surface area contributed by atoms with Gasteiger partial charge >= 0.3 is 29.6 Å². The summed E-state index contributed by atoms with van der Waals surface area (Å²) in [6.45, 7) is 0. The van der Waals surface area contributed by atoms with Gasteiger partial charge in [0.2, 0.25) is 6.29 Å². The van der Waals surface area contributed by atoms with Gasteiger partial charge in [0.1, 0.15) is 24.4 Å². The van der Waals surface area contributed by atoms with Crippen LogP contribution in [-0.4, -0.2) is 82.9 Å². The van der Waals surface area contributed by atoms with E-state index in [-0.39, 0.29) is 59.0 Å². The Labute approximate surface area is 251 Å². The van der Waals surface area contributed by atoms with Gasteiger partial charge in [0, 0.05) is 0 Å². The zero-order chi connectivity index (χ0) is 28.7. The number of ether oxygens (including phenoxy) is 4. The molecule has 1 saturated heterocycles. The second kappa shape index (κ2) is 15.0. The molecule has 2 aromatic carbocycles. The van der Waals surface area contributed by atoms with Gasteiger partial charge in [0.25, 0.3) is 0 Å². The molecule has 0 saturated carbocycles. The monoisotopic (exact) mass is 566 g/mol. The summed E-state index contributed by atoms with van der Waals surface area (Å²) in [5, 5.41) is 50.6. The number of aliphatic hydroxyl groups is 3. The van der Waals surface area contributed by atoms with Crippen molar-refractivity contribution in [2.24, 2.45) is 0 Å². The van der Waals surface area contributed by atoms with Gasteiger partial charge in [-0.15, -0.1) is 0 Å². The summed E-state index contributed by atoms with van der Waals surface area (Å²) >= 11 is 0. The Balaban J connectivity index is 0.00000560. The molecule has 40 heavy (non-hydrogen) atoms. The largest absolute Gasteiger partial charge is 1.00 e. The number of phenolic OH excluding ortho intramolecular Hbond substituents is 1. The first kappa shape index (κ1) is 33.0. The van der Waals surface area contributed by atoms with Crippen molar-refractivity contribution in [3.05, 3.63) is 59.7 Å². The van der Waals surface area contributed by atoms with E-state index >= 15 is 0 Å². The smallest absolute Gasteiger partial charge is 0.547 e. The van der Waals surface area contributed by atoms with E-state index < -0.39 is 48.2 Å². The van der Waals surface area contributed by atoms with Crippen molar-refractivity contribution < 1.29 is 88.4 Å². The maximum Gasteiger partial charge on any atom is 1.00 e. The summed E-state index contributed by atoms with van der Waals surface area (Å²) in [4.78, 5) is 35.6. The third kappa shape index (κ3) is 8.38. The Bertz CT molecular complexity index is 1270. The molecule has 208 valence electrons. The molecule has 1 aliphatic rings. The van der Waals surface area contributed by atoms with Crippen LogP contribution in [0.15, 0.2) is 48.6 Å². The zero-order valence-electron chi connectivity index (χ0n) is 21.9. The summed E-state index contributed by atoms with van der Waals surface area (Å²) in [5.41, 5.74) is 1.09. The van der Waals surface area contributed by atoms with E-state index in [1.807, 2.05) is 0 Å². The van der Waals surface area contributed by atoms with E-state index in [9.17, 15) is 39.9 Å². The molecule has 0 bridgehead atoms. The molecule has 12 nitrogen and oxygen atoms in total. The standard InChI is InChI=1S/C27H28O12.Na/c1-36-20-11-14(5-9-18(20)30)3-7-16(28)13-17(29)8-4-15-6-10-19(21(12-15)37-2)38-27-24(33)22(31)23(32)25(39-27)26(34)35;/h3-12,22-25,27,30-33H,13H2,1-2H3,(H,34,35);/q;+1/p-1/b7-3+,8-4+;/t22-,23-,24+,25-,27+;/m0./s1. The second-order valence-electron chi connectivity index (χ2n) is 8.45. The molecule has 0 radical (unpaired) electrons. The van der Waals surface area contributed by atoms with Crippen molar-refractivity contribution in [1.29, 1.82) is 0 Å². The molecule has 1 aliphatic heterocycles. The SMILES string of the molecule is COc1cc(/C=C/C(=O)CC(=O)/C=C/c2ccc(O[C@@H]3O[C@H](C(=O)[O-])[C@@H](O)[C@H](O)[C@H]3O)c(OC)c2)ccc1O.[Na+]. The molecule has 5 atom stereocenters. The molecule has 0 aliphatic carbocycles. The van der Waals surface area contributed by atoms with Crippen LogP contribution < -0.4 is 48.9 Å². The third-order valence-electron chi connectivity index (χ3n) is 5.71. The number of rotatable bonds is 11. The van der Waals surface area contributed by atoms with Crippen molar-refractivity contribution in [3.63, 3.8) is 0 Å². The predicted molar refractivity (Wildman–Crippen MR) is 133 cm³/mol. The maximum atomic E-state index is 12.3. The van der Waals surface area contributed by atoms with Crippen LogP contribution in [0.2, 0.25) is 0 Å². The number of carboxylic acids is 1. The number of phenols is 1. The number of benzene rings is 2. The summed E-state index contributed by atoms with van der Waals surface area (Å²) < 4.78 is 20.8. The number of aliphatic carboxylic acids is 1. The molecule has 0 aromatic heterocycles. The molecule has 2 aromatic rings. The Kier molecular flexibility index (Phi) is 12.3. The van der Waals surface area contributed by atoms with Crippen molar-refractivity contribution in [3.8, 4) is 23.0 Å². The minimum absolute atomic E-state index is 0. The Morgan fingerprint density at radius 1 is 0.850 bits per heavy atom. The summed E-state index contributed by atoms with van der Waals surface area (Å²) in [5.74, 6) is -2.37. The predicted octanol–water partition coefficient (Wildman–Crippen LogP) is -3.40. The number of carbonyl (C=O) groups excluding carboxylic acids is 3. The van der Waals surface area contributed by atoms with Crippen molar-refractivity contribution in [1.82, 2.24) is 0 Å². The van der Waals surface area contributed by atoms with Crippen LogP contribution in [0.5, 0.6) is 23.0 Å². The fourth-order valence-electron chi connectivity index (χ4n) is 3.62. The Hall–Kier alpha value is -3.23. The minimum Gasteiger partial charge on any atom is -0.547 e. The Morgan fingerprint density at radius 2 is 1.40 bits per heavy atom. The quantitative estimate of drug-likeness (QED) is 0.120. The van der Waals surface area contributed by atoms with Gasteiger partial charge in [0.15, 0.2) is 34.6 Å². The zero-order valence-corrected chi connectivity index (χ0v) is 23.9. The van der Waals surface area contributed by atoms with E-state index in [0.717, 1.165) is 0 Å². The number of carbonyl (C=O) groups is 3. The third-order valence-corrected chi connectivity index (χ3v) is 5.71. The molecular formula is C27H27NaO12. The van der Waals surface area contributed by atoms with Crippen LogP contribution in [0.4, 0.5) is 0 Å². The van der Waals surface area contributed by atoms with Gasteiger partial charge in [-0.25, -0.2) is 0 Å². The maximum absolute atomic E-state index is 12.3. The van der Waals surface area contributed by atoms with E-state index in [1.54, 1.807) is 6.07 Å². The number of hydrogen-bond acceptors (Lipinski definition) is 12. The number of carboxylic acid groups (broad SMARTS) is 1. The molecule has 4 N–H and O–H groups in total. The number of ketones is 2. The molecule has 0 amide bonds. The summed E-state index contributed by atoms with van der Waals surface area (Å²) in [7, 11) is 2.71. The van der Waals surface area contributed by atoms with Crippen LogP contribution in [0, 0.1) is 0 Å². The van der Waals surface area contributed by atoms with Gasteiger partial charge in [-0.1, -0.05) is 24.3 Å². The van der Waals surface area contributed by atoms with Crippen LogP contribution in [0.25, 0.3) is 12.2 Å². The average molecular weight is 566 g/mol. The van der Waals surface area contributed by atoms with Gasteiger partial charge in [-0.05, 0) is 47.5 Å². The number of aliphatic hydroxyl groups excluding tert-OH is 3. The van der Waals surface area contributed by atoms with Crippen LogP contribution >= 0.6 is 0 Å². The number of hydrogen-bond donors (Lipinski definition) is 4. The molecule has 13 heteroatoms. The Morgan fingerprint density at radius 3 is 1.95 bits per heavy atom. The molecule has 1 fully saturated rings. The van der Waals surface area contributed by atoms with Crippen molar-refractivity contribution in [2.45, 2.75) is 37.1 Å². The normalized spacial score (nSPS) is 22.5. The molecule has 0 spiro atoms. The first-order valence-electron chi connectivity index (χ1n) is 11.6. The fraction of sp³-hybridized carbons (Fsp3) is 0.296. The van der Waals surface area contributed by atoms with Crippen LogP contribution in [-0.2, 0) is 19.1 Å². The van der Waals surface area contributed by atoms with Gasteiger partial charge in [-0.3, -0.25) is 9.59 Å². The molecule has 1 heterocycles. The molecule has 0 unspecified atom stereocenters. The van der Waals surface area contributed by atoms with E-state index in [1.165, 1.54) is 68.9 Å². The van der Waals surface area contributed by atoms with Crippen molar-refractivity contribution >= 4 is 29.7 Å².